The zero-order valence-electron chi connectivity index (χ0n) is 9.53. The molecule has 0 atom stereocenters. The maximum atomic E-state index is 11.7. The van der Waals surface area contributed by atoms with E-state index >= 15 is 0 Å². The van der Waals surface area contributed by atoms with Crippen LogP contribution in [0.5, 0.6) is 0 Å². The molecule has 0 radical (unpaired) electrons. The van der Waals surface area contributed by atoms with Crippen LogP contribution in [0.4, 0.5) is 0 Å². The Balaban J connectivity index is 0.000000531. The molecule has 1 aromatic heterocycles. The third-order valence-electron chi connectivity index (χ3n) is 2.24. The minimum atomic E-state index is 0.0810. The second-order valence-corrected chi connectivity index (χ2v) is 3.16. The molecule has 0 aromatic carbocycles. The van der Waals surface area contributed by atoms with Gasteiger partial charge in [-0.15, -0.1) is 0 Å². The molecule has 2 nitrogen and oxygen atoms in total. The molecule has 0 aliphatic heterocycles. The van der Waals surface area contributed by atoms with Crippen LogP contribution in [0.25, 0.3) is 6.08 Å². The van der Waals surface area contributed by atoms with Crippen molar-refractivity contribution in [2.24, 2.45) is 7.05 Å². The summed E-state index contributed by atoms with van der Waals surface area (Å²) in [4.78, 5) is 11.7. The molecule has 0 unspecified atom stereocenters. The normalized spacial score (nSPS) is 12.5. The molecule has 0 spiro atoms. The number of aryl methyl sites for hydroxylation is 1. The number of hydrogen-bond donors (Lipinski definition) is 0. The lowest BCUT2D eigenvalue weighted by molar-refractivity contribution is 0.850. The fourth-order valence-corrected chi connectivity index (χ4v) is 1.47. The summed E-state index contributed by atoms with van der Waals surface area (Å²) in [6, 6.07) is 2.00. The third kappa shape index (κ3) is 2.46. The number of pyridine rings is 1. The smallest absolute Gasteiger partial charge is 0.257 e. The van der Waals surface area contributed by atoms with Crippen molar-refractivity contribution in [3.05, 3.63) is 52.0 Å². The van der Waals surface area contributed by atoms with Gasteiger partial charge in [-0.1, -0.05) is 32.1 Å². The van der Waals surface area contributed by atoms with Gasteiger partial charge in [0.15, 0.2) is 0 Å². The number of hydrogen-bond acceptors (Lipinski definition) is 1. The van der Waals surface area contributed by atoms with Gasteiger partial charge in [0.2, 0.25) is 0 Å². The van der Waals surface area contributed by atoms with Crippen molar-refractivity contribution in [3.63, 3.8) is 0 Å². The van der Waals surface area contributed by atoms with Gasteiger partial charge in [0, 0.05) is 18.8 Å². The van der Waals surface area contributed by atoms with Crippen molar-refractivity contribution in [1.82, 2.24) is 4.57 Å². The Morgan fingerprint density at radius 1 is 1.27 bits per heavy atom. The highest BCUT2D eigenvalue weighted by Crippen LogP contribution is 2.10. The molecule has 0 saturated heterocycles. The van der Waals surface area contributed by atoms with Crippen molar-refractivity contribution in [2.45, 2.75) is 20.3 Å². The quantitative estimate of drug-likeness (QED) is 0.635. The van der Waals surface area contributed by atoms with Crippen molar-refractivity contribution >= 4 is 6.08 Å². The first kappa shape index (κ1) is 11.5. The monoisotopic (exact) mass is 203 g/mol. The van der Waals surface area contributed by atoms with Crippen molar-refractivity contribution < 1.29 is 0 Å². The third-order valence-corrected chi connectivity index (χ3v) is 2.24. The van der Waals surface area contributed by atoms with E-state index in [-0.39, 0.29) is 5.56 Å². The zero-order chi connectivity index (χ0) is 11.3. The molecular weight excluding hydrogens is 186 g/mol. The zero-order valence-corrected chi connectivity index (χ0v) is 9.53. The van der Waals surface area contributed by atoms with Crippen molar-refractivity contribution in [1.29, 1.82) is 0 Å². The van der Waals surface area contributed by atoms with E-state index in [1.807, 2.05) is 44.3 Å². The minimum absolute atomic E-state index is 0.0810. The summed E-state index contributed by atoms with van der Waals surface area (Å²) in [5.41, 5.74) is 2.00. The van der Waals surface area contributed by atoms with Crippen LogP contribution in [0, 0.1) is 0 Å². The van der Waals surface area contributed by atoms with Gasteiger partial charge in [-0.25, -0.2) is 0 Å². The number of fused-ring (bicyclic) bond motifs is 1. The van der Waals surface area contributed by atoms with Crippen LogP contribution >= 0.6 is 0 Å². The maximum absolute atomic E-state index is 11.7. The SMILES string of the molecule is CC.Cn1ccc2c(c1=O)C=CC=CC2. The molecule has 2 heteroatoms. The minimum Gasteiger partial charge on any atom is -0.318 e. The largest absolute Gasteiger partial charge is 0.318 e. The average Bonchev–Trinajstić information content (AvgIpc) is 2.52. The highest BCUT2D eigenvalue weighted by molar-refractivity contribution is 5.56. The standard InChI is InChI=1S/C11H11NO.C2H6/c1-12-8-7-9-5-3-2-4-6-10(9)11(12)13;1-2/h2-4,6-8H,5H2,1H3;1-2H3. The Hall–Kier alpha value is -1.57. The lowest BCUT2D eigenvalue weighted by Gasteiger charge is -2.03. The van der Waals surface area contributed by atoms with Gasteiger partial charge >= 0.3 is 0 Å². The highest BCUT2D eigenvalue weighted by Gasteiger charge is 2.05. The first-order chi connectivity index (χ1) is 7.29. The molecule has 0 N–H and O–H groups in total. The summed E-state index contributed by atoms with van der Waals surface area (Å²) >= 11 is 0. The molecule has 1 aliphatic carbocycles. The predicted molar refractivity (Wildman–Crippen MR) is 64.9 cm³/mol. The maximum Gasteiger partial charge on any atom is 0.257 e. The summed E-state index contributed by atoms with van der Waals surface area (Å²) in [7, 11) is 1.77. The van der Waals surface area contributed by atoms with Gasteiger partial charge in [0.25, 0.3) is 5.56 Å². The molecular formula is C13H17NO. The van der Waals surface area contributed by atoms with Gasteiger partial charge in [0.05, 0.1) is 0 Å². The van der Waals surface area contributed by atoms with Gasteiger partial charge in [-0.05, 0) is 24.1 Å². The molecule has 1 heterocycles. The van der Waals surface area contributed by atoms with E-state index in [2.05, 4.69) is 6.08 Å². The van der Waals surface area contributed by atoms with E-state index in [0.29, 0.717) is 0 Å². The summed E-state index contributed by atoms with van der Waals surface area (Å²) in [5, 5.41) is 0. The Morgan fingerprint density at radius 2 is 2.00 bits per heavy atom. The van der Waals surface area contributed by atoms with Crippen LogP contribution in [0.15, 0.2) is 35.3 Å². The van der Waals surface area contributed by atoms with Crippen LogP contribution in [-0.4, -0.2) is 4.57 Å². The second kappa shape index (κ2) is 5.35. The molecule has 80 valence electrons. The van der Waals surface area contributed by atoms with Gasteiger partial charge < -0.3 is 4.57 Å². The van der Waals surface area contributed by atoms with E-state index in [1.165, 1.54) is 0 Å². The molecule has 0 saturated carbocycles. The van der Waals surface area contributed by atoms with E-state index in [9.17, 15) is 4.79 Å². The molecule has 0 fully saturated rings. The molecule has 1 aromatic rings. The van der Waals surface area contributed by atoms with Gasteiger partial charge in [-0.2, -0.15) is 0 Å². The van der Waals surface area contributed by atoms with E-state index in [1.54, 1.807) is 11.6 Å². The topological polar surface area (TPSA) is 22.0 Å². The Labute approximate surface area is 90.6 Å². The van der Waals surface area contributed by atoms with E-state index in [0.717, 1.165) is 17.5 Å². The fourth-order valence-electron chi connectivity index (χ4n) is 1.47. The summed E-state index contributed by atoms with van der Waals surface area (Å²) < 4.78 is 1.61. The van der Waals surface area contributed by atoms with E-state index < -0.39 is 0 Å². The average molecular weight is 203 g/mol. The van der Waals surface area contributed by atoms with Crippen molar-refractivity contribution in [3.8, 4) is 0 Å². The number of rotatable bonds is 0. The summed E-state index contributed by atoms with van der Waals surface area (Å²) in [6.45, 7) is 4.00. The number of aromatic nitrogens is 1. The van der Waals surface area contributed by atoms with Gasteiger partial charge in [-0.3, -0.25) is 4.79 Å². The van der Waals surface area contributed by atoms with Crippen LogP contribution < -0.4 is 5.56 Å². The van der Waals surface area contributed by atoms with Crippen LogP contribution in [0.1, 0.15) is 25.0 Å². The predicted octanol–water partition coefficient (Wildman–Crippen LogP) is 2.54. The van der Waals surface area contributed by atoms with Crippen LogP contribution in [0.2, 0.25) is 0 Å². The van der Waals surface area contributed by atoms with Gasteiger partial charge in [0.1, 0.15) is 0 Å². The van der Waals surface area contributed by atoms with Crippen LogP contribution in [0.3, 0.4) is 0 Å². The van der Waals surface area contributed by atoms with E-state index in [4.69, 9.17) is 0 Å². The Morgan fingerprint density at radius 3 is 2.73 bits per heavy atom. The molecule has 1 aliphatic rings. The van der Waals surface area contributed by atoms with Crippen LogP contribution in [-0.2, 0) is 13.5 Å². The Bertz CT molecular complexity index is 438. The lowest BCUT2D eigenvalue weighted by atomic mass is 10.1. The highest BCUT2D eigenvalue weighted by atomic mass is 16.1. The molecule has 2 rings (SSSR count). The molecule has 0 bridgehead atoms. The second-order valence-electron chi connectivity index (χ2n) is 3.16. The summed E-state index contributed by atoms with van der Waals surface area (Å²) in [5.74, 6) is 0. The summed E-state index contributed by atoms with van der Waals surface area (Å²) in [6.07, 6.45) is 10.5. The molecule has 15 heavy (non-hydrogen) atoms. The fraction of sp³-hybridized carbons (Fsp3) is 0.308. The first-order valence-corrected chi connectivity index (χ1v) is 5.31. The Kier molecular flexibility index (Phi) is 4.10. The number of nitrogens with zero attached hydrogens (tertiary/aromatic N) is 1. The first-order valence-electron chi connectivity index (χ1n) is 5.31. The molecule has 0 amide bonds. The van der Waals surface area contributed by atoms with Crippen molar-refractivity contribution in [2.75, 3.05) is 0 Å². The number of allylic oxidation sites excluding steroid dienone is 3. The lowest BCUT2D eigenvalue weighted by Crippen LogP contribution is -2.19.